The van der Waals surface area contributed by atoms with Gasteiger partial charge in [0, 0.05) is 30.8 Å². The molecule has 2 aliphatic rings. The van der Waals surface area contributed by atoms with E-state index in [4.69, 9.17) is 4.74 Å². The van der Waals surface area contributed by atoms with E-state index >= 15 is 0 Å². The molecule has 2 aromatic heterocycles. The molecule has 2 aromatic carbocycles. The van der Waals surface area contributed by atoms with Gasteiger partial charge in [0.05, 0.1) is 18.7 Å². The van der Waals surface area contributed by atoms with Gasteiger partial charge < -0.3 is 4.74 Å². The van der Waals surface area contributed by atoms with E-state index in [0.29, 0.717) is 28.3 Å². The second-order valence-corrected chi connectivity index (χ2v) is 8.52. The SMILES string of the molecule is Cc1cccc(F)c1-n1nc2c(-c3ccc4c(c3)CN3CCOCC3C4)n[nH]c2cc1=O. The molecule has 8 heteroatoms. The smallest absolute Gasteiger partial charge is 0.273 e. The molecule has 32 heavy (non-hydrogen) atoms. The summed E-state index contributed by atoms with van der Waals surface area (Å²) in [5.41, 5.74) is 5.62. The van der Waals surface area contributed by atoms with E-state index in [1.165, 1.54) is 23.3 Å². The molecule has 1 atom stereocenters. The van der Waals surface area contributed by atoms with Crippen molar-refractivity contribution in [1.29, 1.82) is 0 Å². The van der Waals surface area contributed by atoms with Gasteiger partial charge in [-0.25, -0.2) is 4.39 Å². The van der Waals surface area contributed by atoms with Crippen molar-refractivity contribution in [2.75, 3.05) is 19.8 Å². The van der Waals surface area contributed by atoms with Crippen LogP contribution in [0, 0.1) is 12.7 Å². The predicted molar refractivity (Wildman–Crippen MR) is 118 cm³/mol. The largest absolute Gasteiger partial charge is 0.378 e. The number of H-pyrrole nitrogens is 1. The highest BCUT2D eigenvalue weighted by Crippen LogP contribution is 2.31. The van der Waals surface area contributed by atoms with Gasteiger partial charge in [-0.05, 0) is 42.2 Å². The number of benzene rings is 2. The van der Waals surface area contributed by atoms with Crippen LogP contribution in [-0.4, -0.2) is 50.7 Å². The first kappa shape index (κ1) is 19.3. The van der Waals surface area contributed by atoms with Crippen molar-refractivity contribution in [1.82, 2.24) is 24.9 Å². The number of rotatable bonds is 2. The number of nitrogens with one attached hydrogen (secondary N) is 1. The highest BCUT2D eigenvalue weighted by molar-refractivity contribution is 5.89. The lowest BCUT2D eigenvalue weighted by Crippen LogP contribution is -2.48. The quantitative estimate of drug-likeness (QED) is 0.528. The predicted octanol–water partition coefficient (Wildman–Crippen LogP) is 2.98. The van der Waals surface area contributed by atoms with Gasteiger partial charge in [-0.2, -0.15) is 14.9 Å². The number of aryl methyl sites for hydroxylation is 1. The number of aromatic amines is 1. The highest BCUT2D eigenvalue weighted by Gasteiger charge is 2.29. The van der Waals surface area contributed by atoms with Crippen LogP contribution >= 0.6 is 0 Å². The third kappa shape index (κ3) is 3.06. The van der Waals surface area contributed by atoms with Crippen LogP contribution in [0.25, 0.3) is 28.0 Å². The van der Waals surface area contributed by atoms with E-state index in [0.717, 1.165) is 43.0 Å². The number of para-hydroxylation sites is 1. The zero-order chi connectivity index (χ0) is 21.8. The Hall–Kier alpha value is -3.36. The van der Waals surface area contributed by atoms with Crippen molar-refractivity contribution in [2.45, 2.75) is 25.9 Å². The fourth-order valence-corrected chi connectivity index (χ4v) is 4.82. The molecular weight excluding hydrogens is 409 g/mol. The summed E-state index contributed by atoms with van der Waals surface area (Å²) in [6.07, 6.45) is 0.973. The number of ether oxygens (including phenoxy) is 1. The van der Waals surface area contributed by atoms with Crippen LogP contribution in [0.15, 0.2) is 47.3 Å². The van der Waals surface area contributed by atoms with Gasteiger partial charge in [0.2, 0.25) is 0 Å². The first-order valence-electron chi connectivity index (χ1n) is 10.8. The van der Waals surface area contributed by atoms with Crippen molar-refractivity contribution in [2.24, 2.45) is 0 Å². The molecule has 0 spiro atoms. The van der Waals surface area contributed by atoms with E-state index in [-0.39, 0.29) is 5.69 Å². The van der Waals surface area contributed by atoms with Gasteiger partial charge in [0.15, 0.2) is 0 Å². The summed E-state index contributed by atoms with van der Waals surface area (Å²) in [6.45, 7) is 5.13. The third-order valence-electron chi connectivity index (χ3n) is 6.50. The van der Waals surface area contributed by atoms with Crippen LogP contribution in [0.2, 0.25) is 0 Å². The van der Waals surface area contributed by atoms with E-state index in [2.05, 4.69) is 32.3 Å². The molecular formula is C24H22FN5O2. The maximum absolute atomic E-state index is 14.6. The first-order chi connectivity index (χ1) is 15.6. The molecule has 4 aromatic rings. The topological polar surface area (TPSA) is 76.0 Å². The Bertz CT molecular complexity index is 1390. The van der Waals surface area contributed by atoms with Crippen LogP contribution in [0.4, 0.5) is 4.39 Å². The Morgan fingerprint density at radius 3 is 2.97 bits per heavy atom. The molecule has 0 aliphatic carbocycles. The molecule has 0 bridgehead atoms. The second kappa shape index (κ2) is 7.36. The zero-order valence-corrected chi connectivity index (χ0v) is 17.6. The molecule has 1 saturated heterocycles. The summed E-state index contributed by atoms with van der Waals surface area (Å²) < 4.78 is 21.3. The Labute approximate surface area is 183 Å². The van der Waals surface area contributed by atoms with E-state index < -0.39 is 11.4 Å². The van der Waals surface area contributed by atoms with E-state index in [1.54, 1.807) is 19.1 Å². The molecule has 1 unspecified atom stereocenters. The Morgan fingerprint density at radius 1 is 1.19 bits per heavy atom. The van der Waals surface area contributed by atoms with Crippen molar-refractivity contribution in [3.63, 3.8) is 0 Å². The lowest BCUT2D eigenvalue weighted by atomic mass is 9.91. The fraction of sp³-hybridized carbons (Fsp3) is 0.292. The van der Waals surface area contributed by atoms with Gasteiger partial charge in [-0.15, -0.1) is 0 Å². The first-order valence-corrected chi connectivity index (χ1v) is 10.8. The molecule has 6 rings (SSSR count). The minimum Gasteiger partial charge on any atom is -0.378 e. The number of hydrogen-bond donors (Lipinski definition) is 1. The third-order valence-corrected chi connectivity index (χ3v) is 6.50. The number of morpholine rings is 1. The molecule has 4 heterocycles. The molecule has 0 amide bonds. The summed E-state index contributed by atoms with van der Waals surface area (Å²) in [4.78, 5) is 15.1. The van der Waals surface area contributed by atoms with Crippen molar-refractivity contribution < 1.29 is 9.13 Å². The number of nitrogens with zero attached hydrogens (tertiary/aromatic N) is 4. The monoisotopic (exact) mass is 431 g/mol. The van der Waals surface area contributed by atoms with Crippen LogP contribution in [-0.2, 0) is 17.7 Å². The molecule has 7 nitrogen and oxygen atoms in total. The lowest BCUT2D eigenvalue weighted by Gasteiger charge is -2.40. The molecule has 1 N–H and O–H groups in total. The molecule has 162 valence electrons. The summed E-state index contributed by atoms with van der Waals surface area (Å²) in [5, 5.41) is 11.9. The second-order valence-electron chi connectivity index (χ2n) is 8.52. The Kier molecular flexibility index (Phi) is 4.44. The standard InChI is InChI=1S/C24H22FN5O2/c1-14-3-2-4-19(25)24(14)30-21(31)11-20-23(28-30)22(27-26-20)16-6-5-15-10-18-13-32-8-7-29(18)12-17(15)9-16/h2-6,9,11,18,26H,7-8,10,12-13H2,1H3. The highest BCUT2D eigenvalue weighted by atomic mass is 19.1. The minimum absolute atomic E-state index is 0.162. The van der Waals surface area contributed by atoms with Crippen LogP contribution in [0.5, 0.6) is 0 Å². The van der Waals surface area contributed by atoms with Crippen molar-refractivity contribution in [3.8, 4) is 16.9 Å². The van der Waals surface area contributed by atoms with E-state index in [1.807, 2.05) is 6.07 Å². The van der Waals surface area contributed by atoms with Gasteiger partial charge in [0.25, 0.3) is 5.56 Å². The van der Waals surface area contributed by atoms with Crippen molar-refractivity contribution >= 4 is 11.0 Å². The van der Waals surface area contributed by atoms with Crippen LogP contribution in [0.3, 0.4) is 0 Å². The van der Waals surface area contributed by atoms with Gasteiger partial charge in [-0.1, -0.05) is 24.3 Å². The van der Waals surface area contributed by atoms with Gasteiger partial charge >= 0.3 is 0 Å². The Balaban J connectivity index is 1.46. The summed E-state index contributed by atoms with van der Waals surface area (Å²) in [5.74, 6) is -0.488. The van der Waals surface area contributed by atoms with Gasteiger partial charge in [-0.3, -0.25) is 14.8 Å². The summed E-state index contributed by atoms with van der Waals surface area (Å²) in [6, 6.07) is 12.9. The normalized spacial score (nSPS) is 18.5. The molecule has 0 saturated carbocycles. The molecule has 1 fully saturated rings. The van der Waals surface area contributed by atoms with Gasteiger partial charge in [0.1, 0.15) is 22.7 Å². The maximum Gasteiger partial charge on any atom is 0.273 e. The average Bonchev–Trinajstić information content (AvgIpc) is 3.20. The molecule has 0 radical (unpaired) electrons. The summed E-state index contributed by atoms with van der Waals surface area (Å²) >= 11 is 0. The molecule has 2 aliphatic heterocycles. The number of aromatic nitrogens is 4. The van der Waals surface area contributed by atoms with Crippen molar-refractivity contribution in [3.05, 3.63) is 75.3 Å². The number of fused-ring (bicyclic) bond motifs is 3. The number of halogens is 1. The van der Waals surface area contributed by atoms with E-state index in [9.17, 15) is 9.18 Å². The lowest BCUT2D eigenvalue weighted by molar-refractivity contribution is -0.0163. The minimum atomic E-state index is -0.488. The fourth-order valence-electron chi connectivity index (χ4n) is 4.82. The maximum atomic E-state index is 14.6. The Morgan fingerprint density at radius 2 is 2.09 bits per heavy atom. The van der Waals surface area contributed by atoms with Crippen LogP contribution in [0.1, 0.15) is 16.7 Å². The number of hydrogen-bond acceptors (Lipinski definition) is 5. The zero-order valence-electron chi connectivity index (χ0n) is 17.6. The summed E-state index contributed by atoms with van der Waals surface area (Å²) in [7, 11) is 0. The average molecular weight is 431 g/mol. The van der Waals surface area contributed by atoms with Crippen LogP contribution < -0.4 is 5.56 Å².